The minimum Gasteiger partial charge on any atom is -0.481 e. The number of amides is 2. The number of hydrogen-bond acceptors (Lipinski definition) is 11. The molecule has 250 valence electrons. The first-order valence-electron chi connectivity index (χ1n) is 15.3. The van der Waals surface area contributed by atoms with Crippen molar-refractivity contribution in [1.82, 2.24) is 10.6 Å². The molecular weight excluding hydrogens is 644 g/mol. The van der Waals surface area contributed by atoms with Crippen molar-refractivity contribution < 1.29 is 43.7 Å². The molecule has 5 unspecified atom stereocenters. The first kappa shape index (κ1) is 36.6. The van der Waals surface area contributed by atoms with Crippen LogP contribution in [0.15, 0.2) is 81.8 Å². The molecule has 0 aliphatic carbocycles. The third-order valence-electron chi connectivity index (χ3n) is 7.79. The molecule has 3 aliphatic heterocycles. The summed E-state index contributed by atoms with van der Waals surface area (Å²) in [7, 11) is -2.52. The Bertz CT molecular complexity index is 1440. The Kier molecular flexibility index (Phi) is 13.4. The zero-order chi connectivity index (χ0) is 34.0. The number of thiol groups is 1. The van der Waals surface area contributed by atoms with E-state index in [2.05, 4.69) is 28.4 Å². The van der Waals surface area contributed by atoms with Gasteiger partial charge in [-0.25, -0.2) is 0 Å². The number of carboxylic acids is 1. The topological polar surface area (TPSA) is 176 Å². The number of aliphatic carboxylic acids is 1. The predicted molar refractivity (Wildman–Crippen MR) is 184 cm³/mol. The highest BCUT2D eigenvalue weighted by molar-refractivity contribution is 8.07. The first-order chi connectivity index (χ1) is 22.5. The molecule has 5 atom stereocenters. The van der Waals surface area contributed by atoms with E-state index in [1.165, 1.54) is 17.2 Å². The first-order valence-corrected chi connectivity index (χ1v) is 16.6. The lowest BCUT2D eigenvalue weighted by molar-refractivity contribution is -0.139. The average Bonchev–Trinajstić information content (AvgIpc) is 3.23. The van der Waals surface area contributed by atoms with Crippen LogP contribution >= 0.6 is 24.4 Å². The van der Waals surface area contributed by atoms with Gasteiger partial charge in [-0.3, -0.25) is 14.4 Å². The molecule has 0 radical (unpaired) electrons. The van der Waals surface area contributed by atoms with Gasteiger partial charge < -0.3 is 39.9 Å². The molecule has 47 heavy (non-hydrogen) atoms. The van der Waals surface area contributed by atoms with Gasteiger partial charge in [0.15, 0.2) is 5.71 Å². The number of nitrogens with one attached hydrogen (secondary N) is 2. The Morgan fingerprint density at radius 2 is 1.91 bits per heavy atom. The summed E-state index contributed by atoms with van der Waals surface area (Å²) in [5.74, 6) is -3.63. The lowest BCUT2D eigenvalue weighted by Gasteiger charge is -2.38. The Balaban J connectivity index is 1.37. The highest BCUT2D eigenvalue weighted by Gasteiger charge is 2.43. The number of allylic oxidation sites excluding steroid dienone is 1. The van der Waals surface area contributed by atoms with Crippen molar-refractivity contribution in [2.24, 2.45) is 5.16 Å². The quantitative estimate of drug-likeness (QED) is 0.0453. The van der Waals surface area contributed by atoms with Gasteiger partial charge in [-0.2, -0.15) is 12.6 Å². The van der Waals surface area contributed by atoms with Crippen LogP contribution in [0.3, 0.4) is 0 Å². The minimum atomic E-state index is -1.37. The molecule has 0 saturated carbocycles. The smallest absolute Gasteiger partial charge is 0.478 e. The summed E-state index contributed by atoms with van der Waals surface area (Å²) in [4.78, 5) is 43.4. The van der Waals surface area contributed by atoms with E-state index in [9.17, 15) is 29.5 Å². The largest absolute Gasteiger partial charge is 0.481 e. The summed E-state index contributed by atoms with van der Waals surface area (Å²) >= 11 is 5.66. The second-order valence-corrected chi connectivity index (χ2v) is 13.2. The zero-order valence-corrected chi connectivity index (χ0v) is 27.9. The number of carbonyl (C=O) groups is 3. The number of thioether (sulfide) groups is 1. The number of carbonyl (C=O) groups excluding carboxylic acids is 2. The fourth-order valence-corrected chi connectivity index (χ4v) is 6.71. The molecule has 4 rings (SSSR count). The van der Waals surface area contributed by atoms with Crippen LogP contribution in [0, 0.1) is 0 Å². The van der Waals surface area contributed by atoms with Crippen molar-refractivity contribution in [3.05, 3.63) is 82.2 Å². The number of benzene rings is 1. The Labute approximate surface area is 284 Å². The lowest BCUT2D eigenvalue weighted by atomic mass is 9.67. The molecule has 1 saturated heterocycles. The molecule has 16 heteroatoms. The summed E-state index contributed by atoms with van der Waals surface area (Å²) in [6, 6.07) is 9.29. The molecule has 0 bridgehead atoms. The molecule has 3 aliphatic rings. The second-order valence-electron chi connectivity index (χ2n) is 11.5. The summed E-state index contributed by atoms with van der Waals surface area (Å²) in [6.07, 6.45) is 8.75. The van der Waals surface area contributed by atoms with Gasteiger partial charge in [0.25, 0.3) is 5.91 Å². The standard InChI is InChI=1S/C31H39B2N3O9S2/c1-3-44-36-29(30(40)35-25-11-7-8-14-43-32(25)41)24-18-31(2,47-24)13-12-20(19-46)15-27(37)34-26-16-22(21-9-5-4-6-10-21)23(17-28(38)39)45-33(26)42/h4-10,12-13,18-19,22-23,25-26,41-42,46H,3,11,14-17H2,1-2H3,(H,34,37)(H,35,40)(H,38,39)/b13-12-,20-19+,36-29-. The highest BCUT2D eigenvalue weighted by atomic mass is 32.2. The predicted octanol–water partition coefficient (Wildman–Crippen LogP) is 2.56. The van der Waals surface area contributed by atoms with Crippen molar-refractivity contribution in [3.8, 4) is 0 Å². The van der Waals surface area contributed by atoms with Crippen LogP contribution in [0.5, 0.6) is 0 Å². The van der Waals surface area contributed by atoms with Gasteiger partial charge in [-0.05, 0) is 49.3 Å². The normalized spacial score (nSPS) is 26.7. The van der Waals surface area contributed by atoms with E-state index >= 15 is 0 Å². The van der Waals surface area contributed by atoms with Crippen LogP contribution in [0.2, 0.25) is 0 Å². The Morgan fingerprint density at radius 3 is 2.60 bits per heavy atom. The van der Waals surface area contributed by atoms with Gasteiger partial charge in [-0.1, -0.05) is 59.8 Å². The number of nitrogens with zero attached hydrogens (tertiary/aromatic N) is 1. The SMILES string of the molecule is CCO/N=C(\C(=O)NC1CC=CCOB1O)C1=CC(C)(/C=C\C(=C/S)CC(=O)NC2CC(c3ccccc3)C(CC(=O)O)OB2O)S1. The van der Waals surface area contributed by atoms with Gasteiger partial charge in [0.2, 0.25) is 5.91 Å². The molecular formula is C31H39B2N3O9S2. The van der Waals surface area contributed by atoms with E-state index in [1.54, 1.807) is 19.1 Å². The third kappa shape index (κ3) is 10.4. The number of rotatable bonds is 13. The minimum absolute atomic E-state index is 0.0330. The van der Waals surface area contributed by atoms with Crippen molar-refractivity contribution in [1.29, 1.82) is 0 Å². The van der Waals surface area contributed by atoms with E-state index in [0.29, 0.717) is 23.3 Å². The molecule has 12 nitrogen and oxygen atoms in total. The van der Waals surface area contributed by atoms with Crippen LogP contribution in [0.1, 0.15) is 51.0 Å². The van der Waals surface area contributed by atoms with Crippen LogP contribution < -0.4 is 10.6 Å². The van der Waals surface area contributed by atoms with Crippen molar-refractivity contribution >= 4 is 62.1 Å². The van der Waals surface area contributed by atoms with Crippen LogP contribution in [0.4, 0.5) is 0 Å². The fraction of sp³-hybridized carbons (Fsp3) is 0.419. The van der Waals surface area contributed by atoms with Gasteiger partial charge in [-0.15, -0.1) is 11.8 Å². The molecule has 5 N–H and O–H groups in total. The van der Waals surface area contributed by atoms with Crippen LogP contribution in [0.25, 0.3) is 0 Å². The number of oxime groups is 1. The Hall–Kier alpha value is -3.27. The number of carboxylic acid groups (broad SMARTS) is 1. The molecule has 0 spiro atoms. The lowest BCUT2D eigenvalue weighted by Crippen LogP contribution is -2.55. The van der Waals surface area contributed by atoms with Gasteiger partial charge in [0, 0.05) is 17.4 Å². The second kappa shape index (κ2) is 17.2. The summed E-state index contributed by atoms with van der Waals surface area (Å²) in [5, 5.41) is 41.3. The third-order valence-corrected chi connectivity index (χ3v) is 9.34. The van der Waals surface area contributed by atoms with Crippen molar-refractivity contribution in [2.75, 3.05) is 13.2 Å². The van der Waals surface area contributed by atoms with Crippen molar-refractivity contribution in [3.63, 3.8) is 0 Å². The summed E-state index contributed by atoms with van der Waals surface area (Å²) in [5.41, 5.74) is 1.54. The molecule has 2 amide bonds. The molecule has 3 heterocycles. The maximum absolute atomic E-state index is 13.1. The molecule has 1 aromatic carbocycles. The maximum atomic E-state index is 13.1. The average molecular weight is 683 g/mol. The van der Waals surface area contributed by atoms with Gasteiger partial charge >= 0.3 is 20.2 Å². The maximum Gasteiger partial charge on any atom is 0.478 e. The van der Waals surface area contributed by atoms with Crippen molar-refractivity contribution in [2.45, 2.75) is 68.2 Å². The van der Waals surface area contributed by atoms with E-state index in [1.807, 2.05) is 55.5 Å². The monoisotopic (exact) mass is 683 g/mol. The molecule has 0 aromatic heterocycles. The summed E-state index contributed by atoms with van der Waals surface area (Å²) < 4.78 is 10.4. The highest BCUT2D eigenvalue weighted by Crippen LogP contribution is 2.46. The van der Waals surface area contributed by atoms with Gasteiger partial charge in [0.05, 0.1) is 35.6 Å². The van der Waals surface area contributed by atoms with E-state index < -0.39 is 48.8 Å². The van der Waals surface area contributed by atoms with E-state index in [0.717, 1.165) is 5.56 Å². The number of hydrogen-bond donors (Lipinski definition) is 6. The summed E-state index contributed by atoms with van der Waals surface area (Å²) in [6.45, 7) is 4.21. The van der Waals surface area contributed by atoms with E-state index in [-0.39, 0.29) is 43.6 Å². The molecule has 1 fully saturated rings. The molecule has 1 aromatic rings. The van der Waals surface area contributed by atoms with Crippen LogP contribution in [-0.4, -0.2) is 88.8 Å². The zero-order valence-electron chi connectivity index (χ0n) is 26.2. The van der Waals surface area contributed by atoms with Crippen LogP contribution in [-0.2, 0) is 28.5 Å². The fourth-order valence-electron chi connectivity index (χ4n) is 5.41. The van der Waals surface area contributed by atoms with E-state index in [4.69, 9.17) is 14.1 Å². The Morgan fingerprint density at radius 1 is 1.17 bits per heavy atom. The van der Waals surface area contributed by atoms with Gasteiger partial charge in [0.1, 0.15) is 6.61 Å².